The highest BCUT2D eigenvalue weighted by atomic mass is 32.2. The van der Waals surface area contributed by atoms with Crippen molar-refractivity contribution in [3.63, 3.8) is 0 Å². The summed E-state index contributed by atoms with van der Waals surface area (Å²) in [5.74, 6) is 1.47. The molecule has 1 aromatic rings. The maximum atomic E-state index is 10.9. The Morgan fingerprint density at radius 3 is 2.76 bits per heavy atom. The standard InChI is InChI=1S/C12H18N2O2S/c1-8(5-15)6-17-7-10-3-2-9(12(14)16)4-11(10)13/h2-4,8,15H,5-7,13H2,1H3,(H2,14,16). The van der Waals surface area contributed by atoms with Crippen LogP contribution in [0.4, 0.5) is 5.69 Å². The first kappa shape index (κ1) is 13.9. The normalized spacial score (nSPS) is 12.4. The summed E-state index contributed by atoms with van der Waals surface area (Å²) >= 11 is 1.71. The van der Waals surface area contributed by atoms with Crippen molar-refractivity contribution in [3.05, 3.63) is 29.3 Å². The Hall–Kier alpha value is -1.20. The van der Waals surface area contributed by atoms with Crippen LogP contribution in [0.5, 0.6) is 0 Å². The molecule has 94 valence electrons. The van der Waals surface area contributed by atoms with Gasteiger partial charge in [-0.3, -0.25) is 4.79 Å². The lowest BCUT2D eigenvalue weighted by Crippen LogP contribution is -2.11. The number of nitrogen functional groups attached to an aromatic ring is 1. The highest BCUT2D eigenvalue weighted by Crippen LogP contribution is 2.21. The van der Waals surface area contributed by atoms with Crippen molar-refractivity contribution < 1.29 is 9.90 Å². The Morgan fingerprint density at radius 1 is 1.53 bits per heavy atom. The number of amides is 1. The minimum atomic E-state index is -0.468. The molecule has 4 nitrogen and oxygen atoms in total. The van der Waals surface area contributed by atoms with Crippen molar-refractivity contribution >= 4 is 23.4 Å². The first-order chi connectivity index (χ1) is 8.04. The van der Waals surface area contributed by atoms with Crippen molar-refractivity contribution in [2.24, 2.45) is 11.7 Å². The number of primary amides is 1. The van der Waals surface area contributed by atoms with Gasteiger partial charge in [0.1, 0.15) is 0 Å². The second-order valence-electron chi connectivity index (χ2n) is 4.08. The van der Waals surface area contributed by atoms with Gasteiger partial charge in [-0.25, -0.2) is 0 Å². The van der Waals surface area contributed by atoms with Crippen LogP contribution in [0.15, 0.2) is 18.2 Å². The Labute approximate surface area is 105 Å². The lowest BCUT2D eigenvalue weighted by atomic mass is 10.1. The van der Waals surface area contributed by atoms with Crippen molar-refractivity contribution in [1.82, 2.24) is 0 Å². The van der Waals surface area contributed by atoms with E-state index in [4.69, 9.17) is 16.6 Å². The lowest BCUT2D eigenvalue weighted by molar-refractivity contribution is 0.100. The molecule has 0 aromatic heterocycles. The molecule has 0 radical (unpaired) electrons. The number of carbonyl (C=O) groups excluding carboxylic acids is 1. The van der Waals surface area contributed by atoms with Gasteiger partial charge in [0.25, 0.3) is 0 Å². The van der Waals surface area contributed by atoms with Gasteiger partial charge in [-0.15, -0.1) is 0 Å². The third-order valence-electron chi connectivity index (χ3n) is 2.40. The highest BCUT2D eigenvalue weighted by molar-refractivity contribution is 7.98. The molecule has 0 heterocycles. The van der Waals surface area contributed by atoms with E-state index in [-0.39, 0.29) is 12.5 Å². The monoisotopic (exact) mass is 254 g/mol. The van der Waals surface area contributed by atoms with E-state index in [9.17, 15) is 4.79 Å². The van der Waals surface area contributed by atoms with Crippen LogP contribution < -0.4 is 11.5 Å². The number of carbonyl (C=O) groups is 1. The summed E-state index contributed by atoms with van der Waals surface area (Å²) in [5, 5.41) is 8.89. The third-order valence-corrected chi connectivity index (χ3v) is 3.72. The SMILES string of the molecule is CC(CO)CSCc1ccc(C(N)=O)cc1N. The van der Waals surface area contributed by atoms with E-state index >= 15 is 0 Å². The Kier molecular flexibility index (Phi) is 5.31. The minimum absolute atomic E-state index is 0.198. The maximum absolute atomic E-state index is 10.9. The van der Waals surface area contributed by atoms with Gasteiger partial charge in [-0.05, 0) is 29.4 Å². The number of rotatable bonds is 6. The van der Waals surface area contributed by atoms with E-state index in [0.717, 1.165) is 17.1 Å². The maximum Gasteiger partial charge on any atom is 0.248 e. The molecule has 1 aromatic carbocycles. The first-order valence-corrected chi connectivity index (χ1v) is 6.57. The molecule has 5 heteroatoms. The number of aliphatic hydroxyl groups excluding tert-OH is 1. The molecule has 0 spiro atoms. The van der Waals surface area contributed by atoms with Gasteiger partial charge in [-0.2, -0.15) is 11.8 Å². The van der Waals surface area contributed by atoms with Crippen LogP contribution in [0.25, 0.3) is 0 Å². The summed E-state index contributed by atoms with van der Waals surface area (Å²) in [6, 6.07) is 5.11. The summed E-state index contributed by atoms with van der Waals surface area (Å²) in [6.45, 7) is 2.19. The smallest absolute Gasteiger partial charge is 0.248 e. The third kappa shape index (κ3) is 4.28. The molecular weight excluding hydrogens is 236 g/mol. The number of hydrogen-bond donors (Lipinski definition) is 3. The van der Waals surface area contributed by atoms with Crippen LogP contribution in [0.1, 0.15) is 22.8 Å². The predicted octanol–water partition coefficient (Wildman–Crippen LogP) is 1.23. The zero-order chi connectivity index (χ0) is 12.8. The van der Waals surface area contributed by atoms with Gasteiger partial charge in [0.2, 0.25) is 5.91 Å². The molecular formula is C12H18N2O2S. The predicted molar refractivity (Wildman–Crippen MR) is 71.8 cm³/mol. The molecule has 0 aliphatic heterocycles. The first-order valence-electron chi connectivity index (χ1n) is 5.41. The number of hydrogen-bond acceptors (Lipinski definition) is 4. The lowest BCUT2D eigenvalue weighted by Gasteiger charge is -2.09. The molecule has 17 heavy (non-hydrogen) atoms. The van der Waals surface area contributed by atoms with E-state index in [1.54, 1.807) is 23.9 Å². The quantitative estimate of drug-likeness (QED) is 0.666. The van der Waals surface area contributed by atoms with Crippen molar-refractivity contribution in [2.45, 2.75) is 12.7 Å². The molecule has 0 fully saturated rings. The summed E-state index contributed by atoms with van der Waals surface area (Å²) in [7, 11) is 0. The van der Waals surface area contributed by atoms with Crippen molar-refractivity contribution in [3.8, 4) is 0 Å². The number of thioether (sulfide) groups is 1. The van der Waals surface area contributed by atoms with Gasteiger partial charge < -0.3 is 16.6 Å². The van der Waals surface area contributed by atoms with E-state index in [0.29, 0.717) is 11.3 Å². The summed E-state index contributed by atoms with van der Waals surface area (Å²) < 4.78 is 0. The van der Waals surface area contributed by atoms with Crippen LogP contribution in [0.3, 0.4) is 0 Å². The van der Waals surface area contributed by atoms with E-state index in [1.165, 1.54) is 0 Å². The number of benzene rings is 1. The second kappa shape index (κ2) is 6.51. The van der Waals surface area contributed by atoms with Crippen LogP contribution in [-0.2, 0) is 5.75 Å². The molecule has 0 saturated carbocycles. The Bertz CT molecular complexity index is 396. The van der Waals surface area contributed by atoms with E-state index in [1.807, 2.05) is 13.0 Å². The fourth-order valence-electron chi connectivity index (χ4n) is 1.30. The molecule has 0 aliphatic rings. The molecule has 1 atom stereocenters. The molecule has 0 bridgehead atoms. The van der Waals surface area contributed by atoms with E-state index in [2.05, 4.69) is 0 Å². The molecule has 5 N–H and O–H groups in total. The van der Waals surface area contributed by atoms with Gasteiger partial charge in [-0.1, -0.05) is 13.0 Å². The Morgan fingerprint density at radius 2 is 2.24 bits per heavy atom. The van der Waals surface area contributed by atoms with Crippen molar-refractivity contribution in [2.75, 3.05) is 18.1 Å². The van der Waals surface area contributed by atoms with Gasteiger partial charge >= 0.3 is 0 Å². The van der Waals surface area contributed by atoms with Crippen LogP contribution in [-0.4, -0.2) is 23.4 Å². The molecule has 1 rings (SSSR count). The number of nitrogens with two attached hydrogens (primary N) is 2. The fourth-order valence-corrected chi connectivity index (χ4v) is 2.41. The topological polar surface area (TPSA) is 89.3 Å². The molecule has 1 unspecified atom stereocenters. The van der Waals surface area contributed by atoms with E-state index < -0.39 is 5.91 Å². The molecule has 0 saturated heterocycles. The van der Waals surface area contributed by atoms with Gasteiger partial charge in [0, 0.05) is 23.6 Å². The van der Waals surface area contributed by atoms with Crippen molar-refractivity contribution in [1.29, 1.82) is 0 Å². The fraction of sp³-hybridized carbons (Fsp3) is 0.417. The van der Waals surface area contributed by atoms with Crippen LogP contribution in [0, 0.1) is 5.92 Å². The minimum Gasteiger partial charge on any atom is -0.398 e. The largest absolute Gasteiger partial charge is 0.398 e. The zero-order valence-electron chi connectivity index (χ0n) is 9.85. The number of aliphatic hydroxyl groups is 1. The van der Waals surface area contributed by atoms with Gasteiger partial charge in [0.15, 0.2) is 0 Å². The zero-order valence-corrected chi connectivity index (χ0v) is 10.7. The number of anilines is 1. The Balaban J connectivity index is 2.57. The van der Waals surface area contributed by atoms with Gasteiger partial charge in [0.05, 0.1) is 0 Å². The average molecular weight is 254 g/mol. The molecule has 0 aliphatic carbocycles. The highest BCUT2D eigenvalue weighted by Gasteiger charge is 2.06. The molecule has 1 amide bonds. The summed E-state index contributed by atoms with van der Waals surface area (Å²) in [5.41, 5.74) is 13.0. The second-order valence-corrected chi connectivity index (χ2v) is 5.11. The summed E-state index contributed by atoms with van der Waals surface area (Å²) in [4.78, 5) is 10.9. The summed E-state index contributed by atoms with van der Waals surface area (Å²) in [6.07, 6.45) is 0. The van der Waals surface area contributed by atoms with Crippen LogP contribution in [0.2, 0.25) is 0 Å². The average Bonchev–Trinajstić information content (AvgIpc) is 2.30. The van der Waals surface area contributed by atoms with Crippen LogP contribution >= 0.6 is 11.8 Å².